The third-order valence-corrected chi connectivity index (χ3v) is 3.81. The van der Waals surface area contributed by atoms with Crippen molar-refractivity contribution in [3.8, 4) is 5.75 Å². The van der Waals surface area contributed by atoms with Crippen LogP contribution in [0.4, 0.5) is 0 Å². The van der Waals surface area contributed by atoms with Crippen LogP contribution in [0.25, 0.3) is 0 Å². The summed E-state index contributed by atoms with van der Waals surface area (Å²) < 4.78 is 6.92. The van der Waals surface area contributed by atoms with Crippen LogP contribution in [0.15, 0.2) is 28.9 Å². The molecule has 0 atom stereocenters. The molecule has 0 radical (unpaired) electrons. The Kier molecular flexibility index (Phi) is 4.74. The fourth-order valence-corrected chi connectivity index (χ4v) is 2.75. The van der Waals surface area contributed by atoms with Gasteiger partial charge in [-0.2, -0.15) is 0 Å². The van der Waals surface area contributed by atoms with Crippen LogP contribution in [0.3, 0.4) is 0 Å². The van der Waals surface area contributed by atoms with Gasteiger partial charge in [-0.15, -0.1) is 11.3 Å². The van der Waals surface area contributed by atoms with Crippen LogP contribution in [0.2, 0.25) is 0 Å². The number of thiazole rings is 1. The minimum atomic E-state index is 0.573. The van der Waals surface area contributed by atoms with Crippen LogP contribution in [-0.2, 0) is 13.2 Å². The van der Waals surface area contributed by atoms with Crippen molar-refractivity contribution in [3.63, 3.8) is 0 Å². The van der Waals surface area contributed by atoms with E-state index in [9.17, 15) is 0 Å². The number of nitrogens with zero attached hydrogens (tertiary/aromatic N) is 1. The summed E-state index contributed by atoms with van der Waals surface area (Å²) >= 11 is 5.14. The van der Waals surface area contributed by atoms with Crippen molar-refractivity contribution in [1.29, 1.82) is 0 Å². The summed E-state index contributed by atoms with van der Waals surface area (Å²) in [6, 6.07) is 6.06. The van der Waals surface area contributed by atoms with Crippen molar-refractivity contribution < 1.29 is 4.74 Å². The SMILES string of the molecule is CNCc1cc(Br)ccc1OCc1cnc(C)s1. The Morgan fingerprint density at radius 3 is 2.94 bits per heavy atom. The molecule has 0 aliphatic heterocycles. The fraction of sp³-hybridized carbons (Fsp3) is 0.308. The van der Waals surface area contributed by atoms with Gasteiger partial charge in [0, 0.05) is 22.8 Å². The summed E-state index contributed by atoms with van der Waals surface area (Å²) in [7, 11) is 1.93. The molecular weight excluding hydrogens is 312 g/mol. The molecule has 1 aromatic carbocycles. The zero-order valence-electron chi connectivity index (χ0n) is 10.4. The van der Waals surface area contributed by atoms with E-state index in [2.05, 4.69) is 32.3 Å². The fourth-order valence-electron chi connectivity index (χ4n) is 1.64. The van der Waals surface area contributed by atoms with Crippen LogP contribution < -0.4 is 10.1 Å². The lowest BCUT2D eigenvalue weighted by atomic mass is 10.2. The molecule has 0 aliphatic rings. The van der Waals surface area contributed by atoms with Crippen molar-refractivity contribution in [2.45, 2.75) is 20.1 Å². The first-order chi connectivity index (χ1) is 8.69. The highest BCUT2D eigenvalue weighted by Crippen LogP contribution is 2.24. The second-order valence-electron chi connectivity index (χ2n) is 3.92. The maximum absolute atomic E-state index is 5.85. The molecule has 0 saturated heterocycles. The Balaban J connectivity index is 2.08. The number of benzene rings is 1. The summed E-state index contributed by atoms with van der Waals surface area (Å²) in [6.45, 7) is 3.36. The zero-order valence-corrected chi connectivity index (χ0v) is 12.8. The number of aryl methyl sites for hydroxylation is 1. The van der Waals surface area contributed by atoms with Crippen molar-refractivity contribution in [3.05, 3.63) is 44.3 Å². The van der Waals surface area contributed by atoms with Crippen molar-refractivity contribution in [2.24, 2.45) is 0 Å². The number of hydrogen-bond acceptors (Lipinski definition) is 4. The van der Waals surface area contributed by atoms with E-state index in [0.717, 1.165) is 32.2 Å². The van der Waals surface area contributed by atoms with Crippen molar-refractivity contribution in [1.82, 2.24) is 10.3 Å². The Morgan fingerprint density at radius 2 is 2.28 bits per heavy atom. The summed E-state index contributed by atoms with van der Waals surface area (Å²) in [4.78, 5) is 5.36. The maximum atomic E-state index is 5.85. The normalized spacial score (nSPS) is 10.6. The van der Waals surface area contributed by atoms with Gasteiger partial charge in [0.2, 0.25) is 0 Å². The number of hydrogen-bond donors (Lipinski definition) is 1. The van der Waals surface area contributed by atoms with E-state index in [1.807, 2.05) is 32.3 Å². The van der Waals surface area contributed by atoms with Gasteiger partial charge in [0.1, 0.15) is 12.4 Å². The van der Waals surface area contributed by atoms with E-state index in [1.54, 1.807) is 11.3 Å². The summed E-state index contributed by atoms with van der Waals surface area (Å²) in [5, 5.41) is 4.21. The molecule has 18 heavy (non-hydrogen) atoms. The summed E-state index contributed by atoms with van der Waals surface area (Å²) in [5.41, 5.74) is 1.15. The zero-order chi connectivity index (χ0) is 13.0. The van der Waals surface area contributed by atoms with Gasteiger partial charge in [-0.1, -0.05) is 15.9 Å². The number of nitrogens with one attached hydrogen (secondary N) is 1. The first-order valence-corrected chi connectivity index (χ1v) is 7.27. The van der Waals surface area contributed by atoms with Crippen LogP contribution in [-0.4, -0.2) is 12.0 Å². The monoisotopic (exact) mass is 326 g/mol. The lowest BCUT2D eigenvalue weighted by molar-refractivity contribution is 0.305. The molecule has 2 rings (SSSR count). The van der Waals surface area contributed by atoms with E-state index in [4.69, 9.17) is 4.74 Å². The lowest BCUT2D eigenvalue weighted by Gasteiger charge is -2.11. The molecule has 0 unspecified atom stereocenters. The van der Waals surface area contributed by atoms with Crippen LogP contribution in [0.5, 0.6) is 5.75 Å². The third kappa shape index (κ3) is 3.54. The second kappa shape index (κ2) is 6.31. The maximum Gasteiger partial charge on any atom is 0.124 e. The quantitative estimate of drug-likeness (QED) is 0.912. The number of aromatic nitrogens is 1. The Bertz CT molecular complexity index is 527. The van der Waals surface area contributed by atoms with Gasteiger partial charge in [0.05, 0.1) is 9.88 Å². The lowest BCUT2D eigenvalue weighted by Crippen LogP contribution is -2.07. The molecule has 0 spiro atoms. The predicted octanol–water partition coefficient (Wildman–Crippen LogP) is 3.51. The molecule has 1 N–H and O–H groups in total. The number of rotatable bonds is 5. The van der Waals surface area contributed by atoms with Crippen LogP contribution in [0, 0.1) is 6.92 Å². The summed E-state index contributed by atoms with van der Waals surface area (Å²) in [6.07, 6.45) is 1.87. The van der Waals surface area contributed by atoms with Crippen LogP contribution >= 0.6 is 27.3 Å². The van der Waals surface area contributed by atoms with E-state index < -0.39 is 0 Å². The molecule has 0 saturated carbocycles. The molecule has 0 fully saturated rings. The third-order valence-electron chi connectivity index (χ3n) is 2.43. The second-order valence-corrected chi connectivity index (χ2v) is 6.15. The predicted molar refractivity (Wildman–Crippen MR) is 78.1 cm³/mol. The van der Waals surface area contributed by atoms with Gasteiger partial charge in [-0.3, -0.25) is 0 Å². The minimum Gasteiger partial charge on any atom is -0.488 e. The van der Waals surface area contributed by atoms with Crippen molar-refractivity contribution in [2.75, 3.05) is 7.05 Å². The van der Waals surface area contributed by atoms with E-state index in [0.29, 0.717) is 6.61 Å². The van der Waals surface area contributed by atoms with Crippen molar-refractivity contribution >= 4 is 27.3 Å². The first-order valence-electron chi connectivity index (χ1n) is 5.66. The van der Waals surface area contributed by atoms with E-state index in [1.165, 1.54) is 0 Å². The van der Waals surface area contributed by atoms with E-state index in [-0.39, 0.29) is 0 Å². The highest BCUT2D eigenvalue weighted by atomic mass is 79.9. The van der Waals surface area contributed by atoms with Gasteiger partial charge in [0.15, 0.2) is 0 Å². The highest BCUT2D eigenvalue weighted by Gasteiger charge is 2.05. The van der Waals surface area contributed by atoms with E-state index >= 15 is 0 Å². The molecule has 96 valence electrons. The molecule has 1 heterocycles. The molecule has 1 aromatic heterocycles. The van der Waals surface area contributed by atoms with Gasteiger partial charge in [-0.05, 0) is 32.2 Å². The largest absolute Gasteiger partial charge is 0.488 e. The Morgan fingerprint density at radius 1 is 1.44 bits per heavy atom. The average Bonchev–Trinajstić information content (AvgIpc) is 2.75. The average molecular weight is 327 g/mol. The molecule has 0 aliphatic carbocycles. The Labute approximate surface area is 119 Å². The van der Waals surface area contributed by atoms with Gasteiger partial charge in [-0.25, -0.2) is 4.98 Å². The highest BCUT2D eigenvalue weighted by molar-refractivity contribution is 9.10. The molecular formula is C13H15BrN2OS. The Hall–Kier alpha value is -0.910. The minimum absolute atomic E-state index is 0.573. The first kappa shape index (κ1) is 13.5. The smallest absolute Gasteiger partial charge is 0.124 e. The molecule has 0 bridgehead atoms. The molecule has 2 aromatic rings. The molecule has 0 amide bonds. The van der Waals surface area contributed by atoms with Gasteiger partial charge in [0.25, 0.3) is 0 Å². The van der Waals surface area contributed by atoms with Crippen LogP contribution in [0.1, 0.15) is 15.4 Å². The topological polar surface area (TPSA) is 34.1 Å². The number of halogens is 1. The number of ether oxygens (including phenoxy) is 1. The molecule has 3 nitrogen and oxygen atoms in total. The standard InChI is InChI=1S/C13H15BrN2OS/c1-9-16-7-12(18-9)8-17-13-4-3-11(14)5-10(13)6-15-2/h3-5,7,15H,6,8H2,1-2H3. The van der Waals surface area contributed by atoms with Gasteiger partial charge < -0.3 is 10.1 Å². The van der Waals surface area contributed by atoms with Gasteiger partial charge >= 0.3 is 0 Å². The summed E-state index contributed by atoms with van der Waals surface area (Å²) in [5.74, 6) is 0.915. The molecule has 5 heteroatoms.